The SMILES string of the molecule is Cn1cnc(NC(=O)c2cc(NC(=O)c3cc(NC(=O)CCNC(=O)c4cc(NC(=O)c5cc(NC(=O)c6nccn6C)cn5C)cn4C)cn3C)cn2C)c1. The third-order valence-electron chi connectivity index (χ3n) is 8.62. The number of anilines is 5. The predicted molar refractivity (Wildman–Crippen MR) is 205 cm³/mol. The number of imidazole rings is 2. The summed E-state index contributed by atoms with van der Waals surface area (Å²) in [6.07, 6.45) is 12.7. The highest BCUT2D eigenvalue weighted by Crippen LogP contribution is 2.20. The van der Waals surface area contributed by atoms with Gasteiger partial charge in [-0.25, -0.2) is 9.97 Å². The van der Waals surface area contributed by atoms with Gasteiger partial charge in [-0.05, 0) is 24.3 Å². The Morgan fingerprint density at radius 1 is 0.518 bits per heavy atom. The molecule has 0 unspecified atom stereocenters. The van der Waals surface area contributed by atoms with Crippen molar-refractivity contribution in [1.29, 1.82) is 0 Å². The molecule has 56 heavy (non-hydrogen) atoms. The van der Waals surface area contributed by atoms with Crippen molar-refractivity contribution in [3.63, 3.8) is 0 Å². The van der Waals surface area contributed by atoms with Crippen LogP contribution in [0.1, 0.15) is 59.0 Å². The predicted octanol–water partition coefficient (Wildman–Crippen LogP) is 2.28. The second-order valence-corrected chi connectivity index (χ2v) is 13.1. The average Bonchev–Trinajstić information content (AvgIpc) is 3.99. The Morgan fingerprint density at radius 2 is 0.964 bits per heavy atom. The van der Waals surface area contributed by atoms with Gasteiger partial charge in [0.15, 0.2) is 11.6 Å². The first-order valence-electron chi connectivity index (χ1n) is 17.1. The number of amides is 6. The zero-order valence-corrected chi connectivity index (χ0v) is 31.4. The number of aromatic nitrogens is 8. The molecule has 6 amide bonds. The summed E-state index contributed by atoms with van der Waals surface area (Å²) in [7, 11) is 10.1. The maximum Gasteiger partial charge on any atom is 0.291 e. The van der Waals surface area contributed by atoms with Crippen LogP contribution in [0.15, 0.2) is 74.0 Å². The average molecular weight is 765 g/mol. The first-order chi connectivity index (χ1) is 26.6. The molecule has 0 aliphatic heterocycles. The minimum Gasteiger partial charge on any atom is -0.350 e. The summed E-state index contributed by atoms with van der Waals surface area (Å²) in [6, 6.07) is 6.08. The van der Waals surface area contributed by atoms with E-state index >= 15 is 0 Å². The van der Waals surface area contributed by atoms with E-state index in [1.807, 2.05) is 0 Å². The number of aryl methyl sites for hydroxylation is 6. The van der Waals surface area contributed by atoms with Crippen LogP contribution in [0.5, 0.6) is 0 Å². The van der Waals surface area contributed by atoms with Gasteiger partial charge in [-0.1, -0.05) is 0 Å². The van der Waals surface area contributed by atoms with Crippen molar-refractivity contribution in [3.05, 3.63) is 103 Å². The van der Waals surface area contributed by atoms with Gasteiger partial charge in [0.05, 0.1) is 29.1 Å². The van der Waals surface area contributed by atoms with Gasteiger partial charge in [0.1, 0.15) is 22.8 Å². The van der Waals surface area contributed by atoms with E-state index in [0.717, 1.165) is 0 Å². The van der Waals surface area contributed by atoms with Crippen LogP contribution in [0.25, 0.3) is 0 Å². The fourth-order valence-corrected chi connectivity index (χ4v) is 5.86. The van der Waals surface area contributed by atoms with Crippen molar-refractivity contribution in [1.82, 2.24) is 42.7 Å². The van der Waals surface area contributed by atoms with E-state index in [4.69, 9.17) is 0 Å². The first-order valence-corrected chi connectivity index (χ1v) is 17.1. The van der Waals surface area contributed by atoms with Gasteiger partial charge in [0.25, 0.3) is 29.5 Å². The van der Waals surface area contributed by atoms with Gasteiger partial charge < -0.3 is 59.3 Å². The zero-order chi connectivity index (χ0) is 40.3. The largest absolute Gasteiger partial charge is 0.350 e. The molecular formula is C36H40N14O6. The molecule has 6 N–H and O–H groups in total. The van der Waals surface area contributed by atoms with Gasteiger partial charge >= 0.3 is 0 Å². The molecule has 6 rings (SSSR count). The number of carbonyl (C=O) groups is 6. The zero-order valence-electron chi connectivity index (χ0n) is 31.4. The lowest BCUT2D eigenvalue weighted by molar-refractivity contribution is -0.116. The molecule has 20 heteroatoms. The maximum atomic E-state index is 13.1. The molecule has 0 bridgehead atoms. The highest BCUT2D eigenvalue weighted by molar-refractivity contribution is 6.08. The fourth-order valence-electron chi connectivity index (χ4n) is 5.86. The van der Waals surface area contributed by atoms with Gasteiger partial charge in [-0.15, -0.1) is 0 Å². The summed E-state index contributed by atoms with van der Waals surface area (Å²) in [6.45, 7) is 0.0120. The van der Waals surface area contributed by atoms with Crippen LogP contribution in [0.2, 0.25) is 0 Å². The Bertz CT molecular complexity index is 2490. The molecule has 290 valence electrons. The minimum absolute atomic E-state index is 0.0120. The van der Waals surface area contributed by atoms with Crippen LogP contribution in [0, 0.1) is 0 Å². The van der Waals surface area contributed by atoms with Crippen LogP contribution < -0.4 is 31.9 Å². The summed E-state index contributed by atoms with van der Waals surface area (Å²) in [5.41, 5.74) is 2.61. The highest BCUT2D eigenvalue weighted by atomic mass is 16.2. The summed E-state index contributed by atoms with van der Waals surface area (Å²) < 4.78 is 9.51. The van der Waals surface area contributed by atoms with E-state index in [0.29, 0.717) is 34.3 Å². The summed E-state index contributed by atoms with van der Waals surface area (Å²) in [5.74, 6) is -1.99. The number of hydrogen-bond acceptors (Lipinski definition) is 8. The molecule has 0 aliphatic rings. The van der Waals surface area contributed by atoms with Crippen LogP contribution in [0.3, 0.4) is 0 Å². The molecule has 0 aromatic carbocycles. The van der Waals surface area contributed by atoms with Crippen molar-refractivity contribution in [3.8, 4) is 0 Å². The number of carbonyl (C=O) groups excluding carboxylic acids is 6. The number of hydrogen-bond donors (Lipinski definition) is 6. The minimum atomic E-state index is -0.462. The molecule has 0 saturated carbocycles. The summed E-state index contributed by atoms with van der Waals surface area (Å²) >= 11 is 0. The number of nitrogens with zero attached hydrogens (tertiary/aromatic N) is 8. The monoisotopic (exact) mass is 764 g/mol. The molecule has 0 atom stereocenters. The Morgan fingerprint density at radius 3 is 1.41 bits per heavy atom. The maximum absolute atomic E-state index is 13.1. The van der Waals surface area contributed by atoms with Crippen molar-refractivity contribution in [2.75, 3.05) is 33.1 Å². The molecule has 0 aliphatic carbocycles. The Kier molecular flexibility index (Phi) is 10.7. The summed E-state index contributed by atoms with van der Waals surface area (Å²) in [5, 5.41) is 16.4. The van der Waals surface area contributed by atoms with E-state index in [1.54, 1.807) is 109 Å². The molecule has 0 spiro atoms. The fraction of sp³-hybridized carbons (Fsp3) is 0.222. The van der Waals surface area contributed by atoms with Crippen molar-refractivity contribution in [2.45, 2.75) is 6.42 Å². The lowest BCUT2D eigenvalue weighted by atomic mass is 10.3. The number of rotatable bonds is 13. The third-order valence-corrected chi connectivity index (χ3v) is 8.62. The van der Waals surface area contributed by atoms with E-state index in [9.17, 15) is 28.8 Å². The van der Waals surface area contributed by atoms with Crippen LogP contribution >= 0.6 is 0 Å². The Labute approximate surface area is 319 Å². The molecule has 0 fully saturated rings. The van der Waals surface area contributed by atoms with Gasteiger partial charge in [0.2, 0.25) is 5.91 Å². The standard InChI is InChI=1S/C36H40N14O6/c1-45-19-29(39-20-45)44-35(55)28-13-23(17-50(28)6)42-33(53)26-11-21(15-48(26)4)40-30(51)7-8-38-32(52)25-12-22(16-47(25)3)41-34(54)27-14-24(18-49(27)5)43-36(56)31-37-9-10-46(31)2/h9-20H,7-8H2,1-6H3,(H,38,52)(H,40,51)(H,41,54)(H,42,53)(H,43,56)(H,44,55). The molecule has 6 aromatic heterocycles. The normalized spacial score (nSPS) is 10.9. The smallest absolute Gasteiger partial charge is 0.291 e. The van der Waals surface area contributed by atoms with Crippen LogP contribution in [-0.2, 0) is 47.1 Å². The van der Waals surface area contributed by atoms with Crippen LogP contribution in [-0.4, -0.2) is 79.4 Å². The quantitative estimate of drug-likeness (QED) is 0.102. The van der Waals surface area contributed by atoms with Crippen molar-refractivity contribution >= 4 is 64.0 Å². The molecule has 6 heterocycles. The van der Waals surface area contributed by atoms with Gasteiger partial charge in [-0.3, -0.25) is 28.8 Å². The third kappa shape index (κ3) is 8.59. The number of nitrogens with one attached hydrogen (secondary N) is 6. The lowest BCUT2D eigenvalue weighted by Crippen LogP contribution is -2.28. The summed E-state index contributed by atoms with van der Waals surface area (Å²) in [4.78, 5) is 85.3. The molecule has 20 nitrogen and oxygen atoms in total. The van der Waals surface area contributed by atoms with Gasteiger partial charge in [0, 0.05) is 98.6 Å². The second-order valence-electron chi connectivity index (χ2n) is 13.1. The van der Waals surface area contributed by atoms with E-state index in [1.165, 1.54) is 35.0 Å². The first kappa shape index (κ1) is 38.1. The molecule has 6 aromatic rings. The van der Waals surface area contributed by atoms with Crippen molar-refractivity contribution < 1.29 is 28.8 Å². The highest BCUT2D eigenvalue weighted by Gasteiger charge is 2.20. The van der Waals surface area contributed by atoms with Gasteiger partial charge in [-0.2, -0.15) is 0 Å². The second kappa shape index (κ2) is 15.8. The molecular weight excluding hydrogens is 724 g/mol. The van der Waals surface area contributed by atoms with E-state index < -0.39 is 35.4 Å². The van der Waals surface area contributed by atoms with Crippen molar-refractivity contribution in [2.24, 2.45) is 42.3 Å². The topological polar surface area (TPSA) is 230 Å². The molecule has 0 saturated heterocycles. The van der Waals surface area contributed by atoms with Crippen LogP contribution in [0.4, 0.5) is 28.6 Å². The Hall–Kier alpha value is -7.64. The lowest BCUT2D eigenvalue weighted by Gasteiger charge is -2.06. The van der Waals surface area contributed by atoms with E-state index in [-0.39, 0.29) is 35.9 Å². The Balaban J connectivity index is 0.968. The molecule has 0 radical (unpaired) electrons. The van der Waals surface area contributed by atoms with E-state index in [2.05, 4.69) is 41.9 Å².